The molecule has 1 saturated heterocycles. The second kappa shape index (κ2) is 7.47. The lowest BCUT2D eigenvalue weighted by atomic mass is 9.82. The summed E-state index contributed by atoms with van der Waals surface area (Å²) in [4.78, 5) is 35.3. The van der Waals surface area contributed by atoms with E-state index in [0.29, 0.717) is 30.3 Å². The number of likely N-dealkylation sites (tertiary alicyclic amines) is 1. The van der Waals surface area contributed by atoms with Crippen LogP contribution in [0.25, 0.3) is 0 Å². The zero-order chi connectivity index (χ0) is 18.7. The first-order valence-corrected chi connectivity index (χ1v) is 9.58. The molecule has 140 valence electrons. The molecule has 1 aliphatic carbocycles. The van der Waals surface area contributed by atoms with Gasteiger partial charge in [-0.1, -0.05) is 31.0 Å². The van der Waals surface area contributed by atoms with Crippen molar-refractivity contribution in [2.75, 3.05) is 13.1 Å². The Bertz CT molecular complexity index is 797. The fourth-order valence-corrected chi connectivity index (χ4v) is 3.87. The molecular weight excluding hydrogens is 340 g/mol. The van der Waals surface area contributed by atoms with Gasteiger partial charge in [-0.25, -0.2) is 4.98 Å². The number of piperidine rings is 1. The van der Waals surface area contributed by atoms with Crippen molar-refractivity contribution in [3.05, 3.63) is 60.2 Å². The number of rotatable bonds is 5. The monoisotopic (exact) mass is 364 g/mol. The second-order valence-corrected chi connectivity index (χ2v) is 7.63. The minimum absolute atomic E-state index is 0.0232. The maximum absolute atomic E-state index is 12.7. The first kappa shape index (κ1) is 17.6. The van der Waals surface area contributed by atoms with Crippen molar-refractivity contribution in [2.24, 2.45) is 5.92 Å². The van der Waals surface area contributed by atoms with Gasteiger partial charge in [0.15, 0.2) is 0 Å². The quantitative estimate of drug-likeness (QED) is 0.885. The molecular formula is C21H24N4O2. The topological polar surface area (TPSA) is 75.2 Å². The highest BCUT2D eigenvalue weighted by Crippen LogP contribution is 2.40. The van der Waals surface area contributed by atoms with Gasteiger partial charge in [0.05, 0.1) is 6.20 Å². The zero-order valence-electron chi connectivity index (χ0n) is 15.3. The van der Waals surface area contributed by atoms with Crippen molar-refractivity contribution >= 4 is 11.8 Å². The molecule has 1 aliphatic heterocycles. The molecule has 1 saturated carbocycles. The van der Waals surface area contributed by atoms with Crippen molar-refractivity contribution in [3.8, 4) is 0 Å². The first-order valence-electron chi connectivity index (χ1n) is 9.58. The average molecular weight is 364 g/mol. The van der Waals surface area contributed by atoms with Crippen LogP contribution >= 0.6 is 0 Å². The summed E-state index contributed by atoms with van der Waals surface area (Å²) in [5.74, 6) is 0.589. The molecule has 6 nitrogen and oxygen atoms in total. The molecule has 0 atom stereocenters. The van der Waals surface area contributed by atoms with Crippen LogP contribution in [-0.2, 0) is 0 Å². The number of carbonyl (C=O) groups is 2. The zero-order valence-corrected chi connectivity index (χ0v) is 15.3. The summed E-state index contributed by atoms with van der Waals surface area (Å²) >= 11 is 0. The number of carbonyl (C=O) groups excluding carboxylic acids is 2. The lowest BCUT2D eigenvalue weighted by Crippen LogP contribution is -2.56. The third-order valence-electron chi connectivity index (χ3n) is 5.58. The maximum atomic E-state index is 12.7. The molecule has 1 aromatic carbocycles. The SMILES string of the molecule is O=C(NC1(CC2CC2)CCN(C(=O)c2cnccn2)CC1)c1ccccc1. The molecule has 1 N–H and O–H groups in total. The molecule has 1 aromatic heterocycles. The Labute approximate surface area is 159 Å². The fraction of sp³-hybridized carbons (Fsp3) is 0.429. The molecule has 0 bridgehead atoms. The van der Waals surface area contributed by atoms with Crippen LogP contribution in [0.15, 0.2) is 48.9 Å². The molecule has 0 spiro atoms. The predicted molar refractivity (Wildman–Crippen MR) is 101 cm³/mol. The van der Waals surface area contributed by atoms with Crippen LogP contribution in [0.1, 0.15) is 53.0 Å². The second-order valence-electron chi connectivity index (χ2n) is 7.63. The van der Waals surface area contributed by atoms with Gasteiger partial charge in [0, 0.05) is 36.6 Å². The highest BCUT2D eigenvalue weighted by molar-refractivity contribution is 5.95. The number of amides is 2. The summed E-state index contributed by atoms with van der Waals surface area (Å²) < 4.78 is 0. The molecule has 2 fully saturated rings. The predicted octanol–water partition coefficient (Wildman–Crippen LogP) is 2.68. The van der Waals surface area contributed by atoms with Gasteiger partial charge in [-0.3, -0.25) is 14.6 Å². The molecule has 4 rings (SSSR count). The third kappa shape index (κ3) is 4.15. The normalized spacial score (nSPS) is 18.7. The number of nitrogens with one attached hydrogen (secondary N) is 1. The highest BCUT2D eigenvalue weighted by Gasteiger charge is 2.41. The summed E-state index contributed by atoms with van der Waals surface area (Å²) in [6.45, 7) is 1.24. The Morgan fingerprint density at radius 3 is 2.48 bits per heavy atom. The summed E-state index contributed by atoms with van der Waals surface area (Å²) in [7, 11) is 0. The Balaban J connectivity index is 1.44. The molecule has 0 radical (unpaired) electrons. The summed E-state index contributed by atoms with van der Waals surface area (Å²) in [6.07, 6.45) is 9.63. The molecule has 2 heterocycles. The van der Waals surface area contributed by atoms with E-state index in [1.165, 1.54) is 25.2 Å². The minimum atomic E-state index is -0.229. The Morgan fingerprint density at radius 1 is 1.11 bits per heavy atom. The molecule has 2 aliphatic rings. The molecule has 27 heavy (non-hydrogen) atoms. The van der Waals surface area contributed by atoms with Crippen molar-refractivity contribution < 1.29 is 9.59 Å². The number of nitrogens with zero attached hydrogens (tertiary/aromatic N) is 3. The van der Waals surface area contributed by atoms with Gasteiger partial charge >= 0.3 is 0 Å². The van der Waals surface area contributed by atoms with Crippen LogP contribution in [0.5, 0.6) is 0 Å². The van der Waals surface area contributed by atoms with Crippen LogP contribution in [0.3, 0.4) is 0 Å². The van der Waals surface area contributed by atoms with E-state index in [-0.39, 0.29) is 17.4 Å². The summed E-state index contributed by atoms with van der Waals surface area (Å²) in [6, 6.07) is 9.35. The van der Waals surface area contributed by atoms with E-state index in [1.807, 2.05) is 35.2 Å². The van der Waals surface area contributed by atoms with Crippen LogP contribution in [-0.4, -0.2) is 45.3 Å². The minimum Gasteiger partial charge on any atom is -0.346 e. The Morgan fingerprint density at radius 2 is 1.85 bits per heavy atom. The fourth-order valence-electron chi connectivity index (χ4n) is 3.87. The highest BCUT2D eigenvalue weighted by atomic mass is 16.2. The van der Waals surface area contributed by atoms with E-state index in [0.717, 1.165) is 19.3 Å². The smallest absolute Gasteiger partial charge is 0.274 e. The first-order chi connectivity index (χ1) is 13.2. The Kier molecular flexibility index (Phi) is 4.88. The van der Waals surface area contributed by atoms with E-state index in [9.17, 15) is 9.59 Å². The van der Waals surface area contributed by atoms with Gasteiger partial charge < -0.3 is 10.2 Å². The van der Waals surface area contributed by atoms with E-state index < -0.39 is 0 Å². The van der Waals surface area contributed by atoms with E-state index in [2.05, 4.69) is 15.3 Å². The van der Waals surface area contributed by atoms with Gasteiger partial charge in [0.1, 0.15) is 5.69 Å². The molecule has 6 heteroatoms. The summed E-state index contributed by atoms with van der Waals surface area (Å²) in [5, 5.41) is 3.31. The van der Waals surface area contributed by atoms with E-state index in [4.69, 9.17) is 0 Å². The third-order valence-corrected chi connectivity index (χ3v) is 5.58. The standard InChI is InChI=1S/C21H24N4O2/c26-19(17-4-2-1-3-5-17)24-21(14-16-6-7-16)8-12-25(13-9-21)20(27)18-15-22-10-11-23-18/h1-5,10-11,15-16H,6-9,12-14H2,(H,24,26). The van der Waals surface area contributed by atoms with E-state index >= 15 is 0 Å². The van der Waals surface area contributed by atoms with Crippen LogP contribution in [0.2, 0.25) is 0 Å². The number of hydrogen-bond acceptors (Lipinski definition) is 4. The lowest BCUT2D eigenvalue weighted by Gasteiger charge is -2.42. The lowest BCUT2D eigenvalue weighted by molar-refractivity contribution is 0.0595. The largest absolute Gasteiger partial charge is 0.346 e. The van der Waals surface area contributed by atoms with Crippen molar-refractivity contribution in [1.82, 2.24) is 20.2 Å². The number of hydrogen-bond donors (Lipinski definition) is 1. The van der Waals surface area contributed by atoms with Crippen LogP contribution < -0.4 is 5.32 Å². The number of benzene rings is 1. The number of aromatic nitrogens is 2. The van der Waals surface area contributed by atoms with Gasteiger partial charge in [0.2, 0.25) is 0 Å². The van der Waals surface area contributed by atoms with Crippen molar-refractivity contribution in [2.45, 2.75) is 37.6 Å². The van der Waals surface area contributed by atoms with Crippen molar-refractivity contribution in [3.63, 3.8) is 0 Å². The van der Waals surface area contributed by atoms with Gasteiger partial charge in [-0.2, -0.15) is 0 Å². The molecule has 0 unspecified atom stereocenters. The van der Waals surface area contributed by atoms with Crippen LogP contribution in [0.4, 0.5) is 0 Å². The average Bonchev–Trinajstić information content (AvgIpc) is 3.53. The van der Waals surface area contributed by atoms with Gasteiger partial charge in [-0.05, 0) is 37.3 Å². The van der Waals surface area contributed by atoms with E-state index in [1.54, 1.807) is 6.20 Å². The van der Waals surface area contributed by atoms with Gasteiger partial charge in [0.25, 0.3) is 11.8 Å². The van der Waals surface area contributed by atoms with Crippen LogP contribution in [0, 0.1) is 5.92 Å². The Hall–Kier alpha value is -2.76. The summed E-state index contributed by atoms with van der Waals surface area (Å²) in [5.41, 5.74) is 0.832. The molecule has 2 amide bonds. The van der Waals surface area contributed by atoms with Gasteiger partial charge in [-0.15, -0.1) is 0 Å². The molecule has 2 aromatic rings. The maximum Gasteiger partial charge on any atom is 0.274 e. The van der Waals surface area contributed by atoms with Crippen molar-refractivity contribution in [1.29, 1.82) is 0 Å².